The summed E-state index contributed by atoms with van der Waals surface area (Å²) in [6.45, 7) is 1.17. The van der Waals surface area contributed by atoms with E-state index in [4.69, 9.17) is 9.47 Å². The number of likely N-dealkylation sites (tertiary alicyclic amines) is 1. The number of rotatable bonds is 5. The number of nitrogens with one attached hydrogen (secondary N) is 1. The van der Waals surface area contributed by atoms with Crippen LogP contribution in [0.3, 0.4) is 0 Å². The number of alkyl halides is 3. The number of nitrogens with zero attached hydrogens (tertiary/aromatic N) is 1. The molecule has 9 heteroatoms. The maximum atomic E-state index is 12.8. The van der Waals surface area contributed by atoms with Gasteiger partial charge in [-0.15, -0.1) is 0 Å². The van der Waals surface area contributed by atoms with Crippen molar-refractivity contribution in [1.29, 1.82) is 0 Å². The summed E-state index contributed by atoms with van der Waals surface area (Å²) in [6, 6.07) is 4.47. The molecule has 6 nitrogen and oxygen atoms in total. The van der Waals surface area contributed by atoms with Crippen molar-refractivity contribution < 1.29 is 32.2 Å². The van der Waals surface area contributed by atoms with E-state index in [9.17, 15) is 22.8 Å². The number of esters is 1. The fraction of sp³-hybridized carbons (Fsp3) is 0.556. The molecule has 0 saturated carbocycles. The highest BCUT2D eigenvalue weighted by Gasteiger charge is 2.36. The van der Waals surface area contributed by atoms with Gasteiger partial charge in [0.1, 0.15) is 0 Å². The molecule has 1 aliphatic rings. The molecular weight excluding hydrogens is 365 g/mol. The molecule has 1 aromatic rings. The van der Waals surface area contributed by atoms with Crippen molar-refractivity contribution in [3.8, 4) is 0 Å². The molecule has 1 fully saturated rings. The van der Waals surface area contributed by atoms with Crippen molar-refractivity contribution >= 4 is 12.0 Å². The molecule has 2 unspecified atom stereocenters. The zero-order valence-electron chi connectivity index (χ0n) is 15.2. The molecule has 2 atom stereocenters. The molecule has 0 aliphatic carbocycles. The summed E-state index contributed by atoms with van der Waals surface area (Å²) in [5.41, 5.74) is -0.0907. The number of urea groups is 1. The lowest BCUT2D eigenvalue weighted by atomic mass is 9.84. The lowest BCUT2D eigenvalue weighted by Crippen LogP contribution is -2.50. The first-order valence-corrected chi connectivity index (χ1v) is 8.53. The van der Waals surface area contributed by atoms with Gasteiger partial charge < -0.3 is 19.7 Å². The molecule has 27 heavy (non-hydrogen) atoms. The second-order valence-electron chi connectivity index (χ2n) is 6.40. The number of carbonyl (C=O) groups is 2. The van der Waals surface area contributed by atoms with E-state index in [1.165, 1.54) is 31.3 Å². The minimum atomic E-state index is -4.41. The number of ether oxygens (including phenoxy) is 2. The van der Waals surface area contributed by atoms with E-state index in [0.717, 1.165) is 12.1 Å². The van der Waals surface area contributed by atoms with Crippen LogP contribution in [-0.2, 0) is 20.4 Å². The fourth-order valence-corrected chi connectivity index (χ4v) is 3.16. The number of benzene rings is 1. The fourth-order valence-electron chi connectivity index (χ4n) is 3.16. The first-order valence-electron chi connectivity index (χ1n) is 8.53. The van der Waals surface area contributed by atoms with Crippen molar-refractivity contribution in [1.82, 2.24) is 10.2 Å². The number of methoxy groups -OCH3 is 2. The molecule has 1 N–H and O–H groups in total. The highest BCUT2D eigenvalue weighted by atomic mass is 19.4. The Balaban J connectivity index is 2.16. The number of piperidine rings is 1. The van der Waals surface area contributed by atoms with E-state index in [1.807, 2.05) is 0 Å². The number of hydrogen-bond donors (Lipinski definition) is 1. The minimum Gasteiger partial charge on any atom is -0.469 e. The van der Waals surface area contributed by atoms with Gasteiger partial charge in [-0.1, -0.05) is 12.1 Å². The van der Waals surface area contributed by atoms with E-state index in [2.05, 4.69) is 5.32 Å². The van der Waals surface area contributed by atoms with Gasteiger partial charge in [0.2, 0.25) is 0 Å². The van der Waals surface area contributed by atoms with Gasteiger partial charge in [0.25, 0.3) is 0 Å². The van der Waals surface area contributed by atoms with Crippen LogP contribution in [0.4, 0.5) is 18.0 Å². The third kappa shape index (κ3) is 5.59. The van der Waals surface area contributed by atoms with Gasteiger partial charge in [0, 0.05) is 32.7 Å². The third-order valence-electron chi connectivity index (χ3n) is 4.56. The molecule has 0 bridgehead atoms. The van der Waals surface area contributed by atoms with Gasteiger partial charge in [-0.3, -0.25) is 4.79 Å². The molecular formula is C18H23F3N2O4. The molecule has 1 aromatic carbocycles. The number of carbonyl (C=O) groups excluding carboxylic acids is 2. The van der Waals surface area contributed by atoms with Gasteiger partial charge in [-0.25, -0.2) is 4.79 Å². The summed E-state index contributed by atoms with van der Waals surface area (Å²) < 4.78 is 48.0. The molecule has 0 spiro atoms. The van der Waals surface area contributed by atoms with Crippen LogP contribution in [0.15, 0.2) is 24.3 Å². The topological polar surface area (TPSA) is 67.9 Å². The largest absolute Gasteiger partial charge is 0.469 e. The molecule has 0 aromatic heterocycles. The predicted molar refractivity (Wildman–Crippen MR) is 91.2 cm³/mol. The van der Waals surface area contributed by atoms with Gasteiger partial charge in [-0.2, -0.15) is 13.2 Å². The molecule has 150 valence electrons. The van der Waals surface area contributed by atoms with Crippen LogP contribution in [0.1, 0.15) is 23.5 Å². The van der Waals surface area contributed by atoms with E-state index >= 15 is 0 Å². The standard InChI is InChI=1S/C18H23F3N2O4/c1-26-8-7-22-17(25)23-10-13(9-14(11-23)16(24)27-2)12-3-5-15(6-4-12)18(19,20)21/h3-6,13-14H,7-11H2,1-2H3,(H,22,25). The zero-order valence-corrected chi connectivity index (χ0v) is 15.2. The van der Waals surface area contributed by atoms with Crippen molar-refractivity contribution in [3.63, 3.8) is 0 Å². The summed E-state index contributed by atoms with van der Waals surface area (Å²) >= 11 is 0. The lowest BCUT2D eigenvalue weighted by Gasteiger charge is -2.37. The molecule has 1 aliphatic heterocycles. The Labute approximate surface area is 155 Å². The highest BCUT2D eigenvalue weighted by molar-refractivity contribution is 5.77. The van der Waals surface area contributed by atoms with Gasteiger partial charge in [0.15, 0.2) is 0 Å². The Hall–Kier alpha value is -2.29. The Bertz CT molecular complexity index is 649. The van der Waals surface area contributed by atoms with E-state index in [1.54, 1.807) is 0 Å². The molecule has 1 saturated heterocycles. The third-order valence-corrected chi connectivity index (χ3v) is 4.56. The minimum absolute atomic E-state index is 0.197. The van der Waals surface area contributed by atoms with Crippen LogP contribution >= 0.6 is 0 Å². The summed E-state index contributed by atoms with van der Waals surface area (Å²) in [4.78, 5) is 25.8. The maximum Gasteiger partial charge on any atom is 0.416 e. The smallest absolute Gasteiger partial charge is 0.416 e. The SMILES string of the molecule is COCCNC(=O)N1CC(C(=O)OC)CC(c2ccc(C(F)(F)F)cc2)C1. The van der Waals surface area contributed by atoms with Gasteiger partial charge >= 0.3 is 18.2 Å². The summed E-state index contributed by atoms with van der Waals surface area (Å²) in [6.07, 6.45) is -4.01. The number of halogens is 3. The maximum absolute atomic E-state index is 12.8. The Morgan fingerprint density at radius 1 is 1.19 bits per heavy atom. The average molecular weight is 388 g/mol. The molecule has 2 amide bonds. The van der Waals surface area contributed by atoms with Crippen molar-refractivity contribution in [3.05, 3.63) is 35.4 Å². The van der Waals surface area contributed by atoms with Gasteiger partial charge in [0.05, 0.1) is 25.2 Å². The monoisotopic (exact) mass is 388 g/mol. The van der Waals surface area contributed by atoms with Gasteiger partial charge in [-0.05, 0) is 24.1 Å². The van der Waals surface area contributed by atoms with Crippen molar-refractivity contribution in [2.24, 2.45) is 5.92 Å². The van der Waals surface area contributed by atoms with Crippen molar-refractivity contribution in [2.75, 3.05) is 40.5 Å². The molecule has 1 heterocycles. The van der Waals surface area contributed by atoms with Crippen molar-refractivity contribution in [2.45, 2.75) is 18.5 Å². The quantitative estimate of drug-likeness (QED) is 0.622. The summed E-state index contributed by atoms with van der Waals surface area (Å²) in [5.74, 6) is -1.25. The summed E-state index contributed by atoms with van der Waals surface area (Å²) in [7, 11) is 2.79. The average Bonchev–Trinajstić information content (AvgIpc) is 2.66. The normalized spacial score (nSPS) is 20.3. The molecule has 2 rings (SSSR count). The van der Waals surface area contributed by atoms with E-state index in [-0.39, 0.29) is 18.5 Å². The lowest BCUT2D eigenvalue weighted by molar-refractivity contribution is -0.147. The van der Waals surface area contributed by atoms with E-state index < -0.39 is 23.6 Å². The first-order chi connectivity index (χ1) is 12.8. The van der Waals surface area contributed by atoms with Crippen LogP contribution in [0.25, 0.3) is 0 Å². The Morgan fingerprint density at radius 3 is 2.41 bits per heavy atom. The van der Waals surface area contributed by atoms with Crippen LogP contribution in [-0.4, -0.2) is 57.4 Å². The van der Waals surface area contributed by atoms with Crippen LogP contribution in [0.5, 0.6) is 0 Å². The number of amides is 2. The second kappa shape index (κ2) is 9.07. The second-order valence-corrected chi connectivity index (χ2v) is 6.40. The van der Waals surface area contributed by atoms with Crippen LogP contribution in [0, 0.1) is 5.92 Å². The molecule has 0 radical (unpaired) electrons. The predicted octanol–water partition coefficient (Wildman–Crippen LogP) is 2.64. The zero-order chi connectivity index (χ0) is 20.0. The van der Waals surface area contributed by atoms with Crippen LogP contribution < -0.4 is 5.32 Å². The highest BCUT2D eigenvalue weighted by Crippen LogP contribution is 2.34. The van der Waals surface area contributed by atoms with E-state index in [0.29, 0.717) is 31.7 Å². The first kappa shape index (κ1) is 21.0. The Kier molecular flexibility index (Phi) is 7.06. The summed E-state index contributed by atoms with van der Waals surface area (Å²) in [5, 5.41) is 2.69. The van der Waals surface area contributed by atoms with Crippen LogP contribution in [0.2, 0.25) is 0 Å². The Morgan fingerprint density at radius 2 is 1.85 bits per heavy atom. The number of hydrogen-bond acceptors (Lipinski definition) is 4.